The fraction of sp³-hybridized carbons (Fsp3) is 0.647. The third-order valence-corrected chi connectivity index (χ3v) is 4.89. The van der Waals surface area contributed by atoms with Gasteiger partial charge in [-0.25, -0.2) is 0 Å². The normalized spacial score (nSPS) is 21.6. The number of ether oxygens (including phenoxy) is 1. The van der Waals surface area contributed by atoms with Crippen molar-refractivity contribution in [1.82, 2.24) is 0 Å². The first-order valence-electron chi connectivity index (χ1n) is 7.62. The molecule has 0 bridgehead atoms. The van der Waals surface area contributed by atoms with Crippen molar-refractivity contribution < 1.29 is 4.74 Å². The molecule has 2 heteroatoms. The Morgan fingerprint density at radius 1 is 1.21 bits per heavy atom. The first kappa shape index (κ1) is 13.0. The Balaban J connectivity index is 1.86. The van der Waals surface area contributed by atoms with Crippen LogP contribution in [0.25, 0.3) is 0 Å². The van der Waals surface area contributed by atoms with Crippen molar-refractivity contribution in [2.24, 2.45) is 11.7 Å². The van der Waals surface area contributed by atoms with Crippen molar-refractivity contribution in [3.8, 4) is 5.75 Å². The monoisotopic (exact) mass is 259 g/mol. The molecule has 0 unspecified atom stereocenters. The lowest BCUT2D eigenvalue weighted by Crippen LogP contribution is -2.43. The summed E-state index contributed by atoms with van der Waals surface area (Å²) >= 11 is 0. The molecule has 2 fully saturated rings. The Bertz CT molecular complexity index is 472. The van der Waals surface area contributed by atoms with Crippen molar-refractivity contribution in [1.29, 1.82) is 0 Å². The highest BCUT2D eigenvalue weighted by Crippen LogP contribution is 2.44. The second-order valence-corrected chi connectivity index (χ2v) is 6.58. The van der Waals surface area contributed by atoms with E-state index in [1.54, 1.807) is 0 Å². The van der Waals surface area contributed by atoms with Gasteiger partial charge in [-0.05, 0) is 57.4 Å². The van der Waals surface area contributed by atoms with Gasteiger partial charge in [0.2, 0.25) is 0 Å². The molecule has 0 radical (unpaired) electrons. The van der Waals surface area contributed by atoms with Crippen LogP contribution in [-0.4, -0.2) is 6.61 Å². The maximum absolute atomic E-state index is 6.54. The van der Waals surface area contributed by atoms with E-state index in [2.05, 4.69) is 26.0 Å². The van der Waals surface area contributed by atoms with Gasteiger partial charge in [-0.3, -0.25) is 0 Å². The summed E-state index contributed by atoms with van der Waals surface area (Å²) < 4.78 is 6.17. The SMILES string of the molecule is Cc1cc(C)c(OCC2CCC2)c(C2(N)CCC2)c1. The first-order chi connectivity index (χ1) is 9.08. The second kappa shape index (κ2) is 4.82. The third kappa shape index (κ3) is 2.38. The van der Waals surface area contributed by atoms with Crippen LogP contribution in [0.5, 0.6) is 5.75 Å². The molecule has 0 heterocycles. The number of hydrogen-bond donors (Lipinski definition) is 1. The molecule has 19 heavy (non-hydrogen) atoms. The van der Waals surface area contributed by atoms with Crippen LogP contribution >= 0.6 is 0 Å². The van der Waals surface area contributed by atoms with Gasteiger partial charge in [0, 0.05) is 11.1 Å². The average Bonchev–Trinajstić information content (AvgIpc) is 2.26. The molecule has 2 nitrogen and oxygen atoms in total. The molecule has 1 aromatic carbocycles. The molecule has 0 spiro atoms. The predicted octanol–water partition coefficient (Wildman–Crippen LogP) is 3.82. The van der Waals surface area contributed by atoms with Gasteiger partial charge in [-0.2, -0.15) is 0 Å². The number of benzene rings is 1. The molecule has 0 atom stereocenters. The Labute approximate surface area is 116 Å². The van der Waals surface area contributed by atoms with Crippen molar-refractivity contribution in [3.63, 3.8) is 0 Å². The molecule has 2 aliphatic carbocycles. The van der Waals surface area contributed by atoms with E-state index in [-0.39, 0.29) is 5.54 Å². The molecule has 2 saturated carbocycles. The zero-order valence-electron chi connectivity index (χ0n) is 12.2. The average molecular weight is 259 g/mol. The van der Waals surface area contributed by atoms with Gasteiger partial charge in [0.05, 0.1) is 6.61 Å². The molecule has 104 valence electrons. The van der Waals surface area contributed by atoms with Crippen LogP contribution in [0.3, 0.4) is 0 Å². The molecule has 0 saturated heterocycles. The van der Waals surface area contributed by atoms with E-state index < -0.39 is 0 Å². The summed E-state index contributed by atoms with van der Waals surface area (Å²) in [6.07, 6.45) is 7.45. The molecule has 3 rings (SSSR count). The maximum atomic E-state index is 6.54. The lowest BCUT2D eigenvalue weighted by atomic mass is 9.71. The fourth-order valence-electron chi connectivity index (χ4n) is 3.20. The predicted molar refractivity (Wildman–Crippen MR) is 78.5 cm³/mol. The minimum atomic E-state index is -0.133. The molecule has 2 aliphatic rings. The quantitative estimate of drug-likeness (QED) is 0.892. The number of nitrogens with two attached hydrogens (primary N) is 1. The van der Waals surface area contributed by atoms with Crippen molar-refractivity contribution >= 4 is 0 Å². The minimum absolute atomic E-state index is 0.133. The van der Waals surface area contributed by atoms with E-state index in [9.17, 15) is 0 Å². The van der Waals surface area contributed by atoms with Crippen LogP contribution in [0.4, 0.5) is 0 Å². The van der Waals surface area contributed by atoms with Crippen molar-refractivity contribution in [3.05, 3.63) is 28.8 Å². The highest BCUT2D eigenvalue weighted by Gasteiger charge is 2.37. The Hall–Kier alpha value is -1.02. The summed E-state index contributed by atoms with van der Waals surface area (Å²) in [6, 6.07) is 4.45. The maximum Gasteiger partial charge on any atom is 0.127 e. The van der Waals surface area contributed by atoms with Crippen LogP contribution in [0.1, 0.15) is 55.2 Å². The molecule has 2 N–H and O–H groups in total. The summed E-state index contributed by atoms with van der Waals surface area (Å²) in [6.45, 7) is 5.16. The van der Waals surface area contributed by atoms with E-state index in [0.29, 0.717) is 0 Å². The van der Waals surface area contributed by atoms with E-state index in [4.69, 9.17) is 10.5 Å². The number of hydrogen-bond acceptors (Lipinski definition) is 2. The smallest absolute Gasteiger partial charge is 0.127 e. The van der Waals surface area contributed by atoms with E-state index >= 15 is 0 Å². The highest BCUT2D eigenvalue weighted by molar-refractivity contribution is 5.48. The Kier molecular flexibility index (Phi) is 3.30. The summed E-state index contributed by atoms with van der Waals surface area (Å²) in [4.78, 5) is 0. The minimum Gasteiger partial charge on any atom is -0.493 e. The zero-order valence-corrected chi connectivity index (χ0v) is 12.2. The van der Waals surface area contributed by atoms with Crippen LogP contribution in [-0.2, 0) is 5.54 Å². The third-order valence-electron chi connectivity index (χ3n) is 4.89. The van der Waals surface area contributed by atoms with Gasteiger partial charge < -0.3 is 10.5 Å². The molecule has 0 aromatic heterocycles. The molecular formula is C17H25NO. The number of rotatable bonds is 4. The van der Waals surface area contributed by atoms with Crippen LogP contribution in [0.15, 0.2) is 12.1 Å². The van der Waals surface area contributed by atoms with E-state index in [0.717, 1.165) is 31.1 Å². The summed E-state index contributed by atoms with van der Waals surface area (Å²) in [5.41, 5.74) is 10.2. The standard InChI is InChI=1S/C17H25NO/c1-12-9-13(2)16(19-11-14-5-3-6-14)15(10-12)17(18)7-4-8-17/h9-10,14H,3-8,11,18H2,1-2H3. The molecule has 0 aliphatic heterocycles. The van der Waals surface area contributed by atoms with Gasteiger partial charge >= 0.3 is 0 Å². The number of aryl methyl sites for hydroxylation is 2. The van der Waals surface area contributed by atoms with Gasteiger partial charge in [-0.15, -0.1) is 0 Å². The zero-order chi connectivity index (χ0) is 13.5. The Morgan fingerprint density at radius 2 is 1.95 bits per heavy atom. The summed E-state index contributed by atoms with van der Waals surface area (Å²) in [7, 11) is 0. The van der Waals surface area contributed by atoms with Crippen LogP contribution in [0, 0.1) is 19.8 Å². The van der Waals surface area contributed by atoms with Crippen molar-refractivity contribution in [2.75, 3.05) is 6.61 Å². The highest BCUT2D eigenvalue weighted by atomic mass is 16.5. The van der Waals surface area contributed by atoms with Gasteiger partial charge in [0.1, 0.15) is 5.75 Å². The topological polar surface area (TPSA) is 35.2 Å². The van der Waals surface area contributed by atoms with Gasteiger partial charge in [0.25, 0.3) is 0 Å². The summed E-state index contributed by atoms with van der Waals surface area (Å²) in [5, 5.41) is 0. The van der Waals surface area contributed by atoms with Crippen LogP contribution < -0.4 is 10.5 Å². The molecule has 0 amide bonds. The summed E-state index contributed by atoms with van der Waals surface area (Å²) in [5.74, 6) is 1.84. The van der Waals surface area contributed by atoms with Gasteiger partial charge in [-0.1, -0.05) is 24.1 Å². The van der Waals surface area contributed by atoms with E-state index in [1.165, 1.54) is 42.4 Å². The Morgan fingerprint density at radius 3 is 2.47 bits per heavy atom. The van der Waals surface area contributed by atoms with Crippen molar-refractivity contribution in [2.45, 2.75) is 57.9 Å². The molecule has 1 aromatic rings. The largest absolute Gasteiger partial charge is 0.493 e. The van der Waals surface area contributed by atoms with E-state index in [1.807, 2.05) is 0 Å². The lowest BCUT2D eigenvalue weighted by molar-refractivity contribution is 0.170. The lowest BCUT2D eigenvalue weighted by Gasteiger charge is -2.40. The molecular weight excluding hydrogens is 234 g/mol. The second-order valence-electron chi connectivity index (χ2n) is 6.58. The first-order valence-corrected chi connectivity index (χ1v) is 7.62. The fourth-order valence-corrected chi connectivity index (χ4v) is 3.20. The van der Waals surface area contributed by atoms with Gasteiger partial charge in [0.15, 0.2) is 0 Å². The van der Waals surface area contributed by atoms with Crippen LogP contribution in [0.2, 0.25) is 0 Å².